The maximum absolute atomic E-state index is 13.2. The maximum Gasteiger partial charge on any atom is 0.416 e. The number of nitriles is 2. The van der Waals surface area contributed by atoms with Crippen LogP contribution in [0, 0.1) is 28.6 Å². The predicted octanol–water partition coefficient (Wildman–Crippen LogP) is 4.50. The number of halogens is 3. The number of rotatable bonds is 7. The zero-order valence-electron chi connectivity index (χ0n) is 20.9. The standard InChI is InChI=1S/C27H30F3N5O2S/c28-27(29,30)23-14-22(19-32)15-25(17-23)35-12-10-34(11-13-35)9-8-20-4-6-24(7-5-20)33-38(36,37)26-3-1-2-21(16-26)18-31/h1-3,14-17,20,24,33H,4-13H2. The zero-order valence-corrected chi connectivity index (χ0v) is 21.7. The highest BCUT2D eigenvalue weighted by molar-refractivity contribution is 7.89. The SMILES string of the molecule is N#Cc1cc(N2CCN(CCC3CCC(NS(=O)(=O)c4cccc(C#N)c4)CC3)CC2)cc(C(F)(F)F)c1. The Balaban J connectivity index is 1.22. The highest BCUT2D eigenvalue weighted by atomic mass is 32.2. The molecule has 2 aromatic carbocycles. The summed E-state index contributed by atoms with van der Waals surface area (Å²) < 4.78 is 67.9. The predicted molar refractivity (Wildman–Crippen MR) is 137 cm³/mol. The Morgan fingerprint density at radius 2 is 1.61 bits per heavy atom. The first-order valence-electron chi connectivity index (χ1n) is 12.7. The second-order valence-corrected chi connectivity index (χ2v) is 11.7. The number of piperazine rings is 1. The highest BCUT2D eigenvalue weighted by Gasteiger charge is 2.32. The van der Waals surface area contributed by atoms with E-state index >= 15 is 0 Å². The Labute approximate surface area is 221 Å². The van der Waals surface area contributed by atoms with Crippen LogP contribution in [0.15, 0.2) is 47.4 Å². The average molecular weight is 546 g/mol. The van der Waals surface area contributed by atoms with E-state index in [1.165, 1.54) is 18.2 Å². The molecule has 0 amide bonds. The Morgan fingerprint density at radius 3 is 2.24 bits per heavy atom. The van der Waals surface area contributed by atoms with Gasteiger partial charge in [-0.15, -0.1) is 0 Å². The van der Waals surface area contributed by atoms with E-state index < -0.39 is 21.8 Å². The van der Waals surface area contributed by atoms with Crippen LogP contribution in [0.3, 0.4) is 0 Å². The summed E-state index contributed by atoms with van der Waals surface area (Å²) in [5.74, 6) is 0.498. The lowest BCUT2D eigenvalue weighted by Crippen LogP contribution is -2.47. The van der Waals surface area contributed by atoms with E-state index in [9.17, 15) is 21.6 Å². The van der Waals surface area contributed by atoms with Gasteiger partial charge in [0.15, 0.2) is 0 Å². The molecule has 1 saturated heterocycles. The molecule has 1 aliphatic carbocycles. The monoisotopic (exact) mass is 545 g/mol. The second-order valence-electron chi connectivity index (χ2n) is 9.97. The van der Waals surface area contributed by atoms with Gasteiger partial charge in [0.05, 0.1) is 33.7 Å². The van der Waals surface area contributed by atoms with Crippen molar-refractivity contribution in [2.45, 2.75) is 49.2 Å². The molecule has 0 bridgehead atoms. The number of sulfonamides is 1. The molecule has 0 spiro atoms. The normalized spacial score (nSPS) is 21.0. The minimum absolute atomic E-state index is 0.00540. The number of nitrogens with zero attached hydrogens (tertiary/aromatic N) is 4. The minimum atomic E-state index is -4.50. The average Bonchev–Trinajstić information content (AvgIpc) is 2.92. The lowest BCUT2D eigenvalue weighted by Gasteiger charge is -2.37. The minimum Gasteiger partial charge on any atom is -0.369 e. The number of benzene rings is 2. The van der Waals surface area contributed by atoms with E-state index in [0.29, 0.717) is 30.3 Å². The van der Waals surface area contributed by atoms with E-state index in [1.807, 2.05) is 17.0 Å². The smallest absolute Gasteiger partial charge is 0.369 e. The van der Waals surface area contributed by atoms with Gasteiger partial charge < -0.3 is 4.90 Å². The summed E-state index contributed by atoms with van der Waals surface area (Å²) in [7, 11) is -3.68. The summed E-state index contributed by atoms with van der Waals surface area (Å²) in [4.78, 5) is 4.31. The van der Waals surface area contributed by atoms with Crippen molar-refractivity contribution in [2.24, 2.45) is 5.92 Å². The van der Waals surface area contributed by atoms with Crippen molar-refractivity contribution in [2.75, 3.05) is 37.6 Å². The fraction of sp³-hybridized carbons (Fsp3) is 0.481. The van der Waals surface area contributed by atoms with Crippen molar-refractivity contribution in [1.29, 1.82) is 10.5 Å². The molecular formula is C27H30F3N5O2S. The molecule has 0 unspecified atom stereocenters. The quantitative estimate of drug-likeness (QED) is 0.550. The van der Waals surface area contributed by atoms with E-state index in [0.717, 1.165) is 63.9 Å². The molecular weight excluding hydrogens is 515 g/mol. The number of hydrogen-bond acceptors (Lipinski definition) is 6. The molecule has 7 nitrogen and oxygen atoms in total. The largest absolute Gasteiger partial charge is 0.416 e. The molecule has 2 fully saturated rings. The van der Waals surface area contributed by atoms with Gasteiger partial charge in [-0.3, -0.25) is 4.90 Å². The Hall–Kier alpha value is -3.12. The Morgan fingerprint density at radius 1 is 0.921 bits per heavy atom. The molecule has 0 radical (unpaired) electrons. The van der Waals surface area contributed by atoms with Crippen LogP contribution in [0.25, 0.3) is 0 Å². The first kappa shape index (κ1) is 27.9. The van der Waals surface area contributed by atoms with Crippen LogP contribution >= 0.6 is 0 Å². The van der Waals surface area contributed by atoms with Gasteiger partial charge in [0.2, 0.25) is 10.0 Å². The van der Waals surface area contributed by atoms with Crippen molar-refractivity contribution in [1.82, 2.24) is 9.62 Å². The molecule has 1 heterocycles. The molecule has 1 N–H and O–H groups in total. The summed E-state index contributed by atoms with van der Waals surface area (Å²) in [5.41, 5.74) is -0.0660. The van der Waals surface area contributed by atoms with Gasteiger partial charge in [-0.1, -0.05) is 6.07 Å². The van der Waals surface area contributed by atoms with Gasteiger partial charge in [-0.05, 0) is 81.0 Å². The topological polar surface area (TPSA) is 100 Å². The van der Waals surface area contributed by atoms with Gasteiger partial charge >= 0.3 is 6.18 Å². The molecule has 2 aliphatic rings. The van der Waals surface area contributed by atoms with Crippen molar-refractivity contribution >= 4 is 15.7 Å². The molecule has 202 valence electrons. The fourth-order valence-electron chi connectivity index (χ4n) is 5.21. The maximum atomic E-state index is 13.2. The lowest BCUT2D eigenvalue weighted by molar-refractivity contribution is -0.137. The number of anilines is 1. The highest BCUT2D eigenvalue weighted by Crippen LogP contribution is 2.33. The molecule has 11 heteroatoms. The van der Waals surface area contributed by atoms with E-state index in [-0.39, 0.29) is 16.5 Å². The van der Waals surface area contributed by atoms with Crippen molar-refractivity contribution in [3.05, 3.63) is 59.2 Å². The van der Waals surface area contributed by atoms with Crippen molar-refractivity contribution in [3.8, 4) is 12.1 Å². The third-order valence-corrected chi connectivity index (χ3v) is 8.93. The fourth-order valence-corrected chi connectivity index (χ4v) is 6.56. The van der Waals surface area contributed by atoms with Crippen molar-refractivity contribution in [3.63, 3.8) is 0 Å². The van der Waals surface area contributed by atoms with E-state index in [4.69, 9.17) is 10.5 Å². The third kappa shape index (κ3) is 7.04. The van der Waals surface area contributed by atoms with Gasteiger partial charge in [-0.25, -0.2) is 13.1 Å². The molecule has 0 atom stereocenters. The number of nitrogens with one attached hydrogen (secondary N) is 1. The summed E-state index contributed by atoms with van der Waals surface area (Å²) in [6.07, 6.45) is -0.145. The van der Waals surface area contributed by atoms with Gasteiger partial charge in [-0.2, -0.15) is 23.7 Å². The molecule has 0 aromatic heterocycles. The van der Waals surface area contributed by atoms with Crippen LogP contribution in [-0.4, -0.2) is 52.1 Å². The van der Waals surface area contributed by atoms with Crippen LogP contribution in [0.2, 0.25) is 0 Å². The van der Waals surface area contributed by atoms with Gasteiger partial charge in [0.1, 0.15) is 0 Å². The Kier molecular flexibility index (Phi) is 8.61. The second kappa shape index (κ2) is 11.7. The number of alkyl halides is 3. The summed E-state index contributed by atoms with van der Waals surface area (Å²) in [6.45, 7) is 3.54. The molecule has 38 heavy (non-hydrogen) atoms. The molecule has 2 aromatic rings. The summed E-state index contributed by atoms with van der Waals surface area (Å²) >= 11 is 0. The first-order valence-corrected chi connectivity index (χ1v) is 14.2. The van der Waals surface area contributed by atoms with Crippen LogP contribution < -0.4 is 9.62 Å². The van der Waals surface area contributed by atoms with Crippen LogP contribution in [-0.2, 0) is 16.2 Å². The zero-order chi connectivity index (χ0) is 27.3. The van der Waals surface area contributed by atoms with Gasteiger partial charge in [0, 0.05) is 37.9 Å². The first-order chi connectivity index (χ1) is 18.1. The van der Waals surface area contributed by atoms with Crippen LogP contribution in [0.4, 0.5) is 18.9 Å². The van der Waals surface area contributed by atoms with Gasteiger partial charge in [0.25, 0.3) is 0 Å². The Bertz CT molecular complexity index is 1320. The number of hydrogen-bond donors (Lipinski definition) is 1. The molecule has 4 rings (SSSR count). The van der Waals surface area contributed by atoms with Crippen LogP contribution in [0.1, 0.15) is 48.8 Å². The summed E-state index contributed by atoms with van der Waals surface area (Å²) in [6, 6.07) is 13.2. The molecule has 1 aliphatic heterocycles. The van der Waals surface area contributed by atoms with Crippen molar-refractivity contribution < 1.29 is 21.6 Å². The third-order valence-electron chi connectivity index (χ3n) is 7.41. The molecule has 1 saturated carbocycles. The van der Waals surface area contributed by atoms with E-state index in [2.05, 4.69) is 9.62 Å². The van der Waals surface area contributed by atoms with Crippen LogP contribution in [0.5, 0.6) is 0 Å². The van der Waals surface area contributed by atoms with E-state index in [1.54, 1.807) is 12.1 Å². The summed E-state index contributed by atoms with van der Waals surface area (Å²) in [5, 5.41) is 18.2. The lowest BCUT2D eigenvalue weighted by atomic mass is 9.84.